The normalized spacial score (nSPS) is 28.1. The molecule has 2 aromatic carbocycles. The number of carbonyl (C=O) groups excluding carboxylic acids is 3. The molecule has 3 aliphatic heterocycles. The number of carbonyl (C=O) groups is 3. The third kappa shape index (κ3) is 5.01. The number of fused-ring (bicyclic) bond motifs is 1. The minimum absolute atomic E-state index is 0.124. The number of rotatable bonds is 11. The van der Waals surface area contributed by atoms with Crippen molar-refractivity contribution in [3.8, 4) is 0 Å². The number of para-hydroxylation sites is 2. The fraction of sp³-hybridized carbons (Fsp3) is 0.441. The van der Waals surface area contributed by atoms with Gasteiger partial charge in [-0.05, 0) is 49.9 Å². The van der Waals surface area contributed by atoms with Crippen molar-refractivity contribution in [2.24, 2.45) is 17.8 Å². The van der Waals surface area contributed by atoms with E-state index < -0.39 is 33.4 Å². The van der Waals surface area contributed by atoms with Crippen LogP contribution < -0.4 is 9.80 Å². The van der Waals surface area contributed by atoms with Crippen LogP contribution in [-0.4, -0.2) is 69.0 Å². The summed E-state index contributed by atoms with van der Waals surface area (Å²) in [6.07, 6.45) is 4.62. The number of hydrogen-bond donors (Lipinski definition) is 1. The monoisotopic (exact) mass is 621 g/mol. The fourth-order valence-electron chi connectivity index (χ4n) is 7.48. The molecule has 7 nitrogen and oxygen atoms in total. The largest absolute Gasteiger partial charge is 0.394 e. The average molecular weight is 622 g/mol. The zero-order valence-corrected chi connectivity index (χ0v) is 26.6. The summed E-state index contributed by atoms with van der Waals surface area (Å²) in [5.74, 6) is -2.17. The lowest BCUT2D eigenvalue weighted by molar-refractivity contribution is -0.143. The SMILES string of the molecule is C=CCN(C(=O)[C@@H]1[C@H]2C(=O)N([C@@H](CO)C(C)C)C(C(=O)N(CC=C)c3ccccc3Cl)C23CC[C@@]1(C)S3)c1ccccc1. The molecule has 2 unspecified atom stereocenters. The lowest BCUT2D eigenvalue weighted by atomic mass is 9.66. The number of amides is 3. The Morgan fingerprint density at radius 1 is 1.05 bits per heavy atom. The van der Waals surface area contributed by atoms with Gasteiger partial charge in [0.1, 0.15) is 6.04 Å². The van der Waals surface area contributed by atoms with Gasteiger partial charge in [0.15, 0.2) is 0 Å². The molecule has 6 atom stereocenters. The molecule has 3 fully saturated rings. The van der Waals surface area contributed by atoms with E-state index in [1.165, 1.54) is 0 Å². The van der Waals surface area contributed by atoms with Crippen LogP contribution in [0.4, 0.5) is 11.4 Å². The number of aliphatic hydroxyl groups is 1. The summed E-state index contributed by atoms with van der Waals surface area (Å²) in [5.41, 5.74) is 1.27. The number of nitrogens with zero attached hydrogens (tertiary/aromatic N) is 3. The second-order valence-electron chi connectivity index (χ2n) is 12.2. The van der Waals surface area contributed by atoms with Crippen molar-refractivity contribution < 1.29 is 19.5 Å². The van der Waals surface area contributed by atoms with Gasteiger partial charge in [-0.2, -0.15) is 0 Å². The van der Waals surface area contributed by atoms with Gasteiger partial charge >= 0.3 is 0 Å². The Balaban J connectivity index is 1.65. The highest BCUT2D eigenvalue weighted by Crippen LogP contribution is 2.72. The molecule has 2 aromatic rings. The molecule has 0 aromatic heterocycles. The maximum absolute atomic E-state index is 14.9. The van der Waals surface area contributed by atoms with Crippen LogP contribution in [-0.2, 0) is 14.4 Å². The molecule has 5 rings (SSSR count). The molecule has 1 N–H and O–H groups in total. The number of anilines is 2. The third-order valence-corrected chi connectivity index (χ3v) is 11.7. The van der Waals surface area contributed by atoms with Crippen LogP contribution in [0.2, 0.25) is 5.02 Å². The Labute approximate surface area is 263 Å². The summed E-state index contributed by atoms with van der Waals surface area (Å²) in [5, 5.41) is 11.0. The van der Waals surface area contributed by atoms with Crippen molar-refractivity contribution in [1.29, 1.82) is 0 Å². The van der Waals surface area contributed by atoms with Gasteiger partial charge < -0.3 is 19.8 Å². The molecule has 0 saturated carbocycles. The molecule has 2 bridgehead atoms. The molecular formula is C34H40ClN3O4S. The summed E-state index contributed by atoms with van der Waals surface area (Å²) in [6.45, 7) is 13.9. The van der Waals surface area contributed by atoms with Crippen molar-refractivity contribution in [1.82, 2.24) is 4.90 Å². The first-order chi connectivity index (χ1) is 20.6. The third-order valence-electron chi connectivity index (χ3n) is 9.39. The maximum Gasteiger partial charge on any atom is 0.251 e. The minimum Gasteiger partial charge on any atom is -0.394 e. The van der Waals surface area contributed by atoms with E-state index in [1.807, 2.05) is 50.2 Å². The topological polar surface area (TPSA) is 81.2 Å². The lowest BCUT2D eigenvalue weighted by Crippen LogP contribution is -2.58. The van der Waals surface area contributed by atoms with E-state index in [4.69, 9.17) is 11.6 Å². The summed E-state index contributed by atoms with van der Waals surface area (Å²) in [6, 6.07) is 15.1. The summed E-state index contributed by atoms with van der Waals surface area (Å²) in [7, 11) is 0. The smallest absolute Gasteiger partial charge is 0.251 e. The zero-order valence-electron chi connectivity index (χ0n) is 25.0. The van der Waals surface area contributed by atoms with Crippen LogP contribution in [0.1, 0.15) is 33.6 Å². The van der Waals surface area contributed by atoms with Crippen molar-refractivity contribution in [3.05, 3.63) is 84.9 Å². The first-order valence-electron chi connectivity index (χ1n) is 14.8. The fourth-order valence-corrected chi connectivity index (χ4v) is 10.0. The van der Waals surface area contributed by atoms with Gasteiger partial charge in [-0.15, -0.1) is 24.9 Å². The number of aliphatic hydroxyl groups excluding tert-OH is 1. The highest BCUT2D eigenvalue weighted by atomic mass is 35.5. The van der Waals surface area contributed by atoms with Crippen LogP contribution in [0, 0.1) is 17.8 Å². The summed E-state index contributed by atoms with van der Waals surface area (Å²) >= 11 is 8.21. The zero-order chi connectivity index (χ0) is 31.1. The number of hydrogen-bond acceptors (Lipinski definition) is 5. The van der Waals surface area contributed by atoms with Gasteiger partial charge in [-0.1, -0.05) is 67.9 Å². The highest BCUT2D eigenvalue weighted by molar-refractivity contribution is 8.02. The Kier molecular flexibility index (Phi) is 8.85. The van der Waals surface area contributed by atoms with E-state index in [2.05, 4.69) is 20.1 Å². The first kappa shape index (κ1) is 31.4. The van der Waals surface area contributed by atoms with E-state index in [0.717, 1.165) is 5.69 Å². The average Bonchev–Trinajstić information content (AvgIpc) is 3.56. The van der Waals surface area contributed by atoms with Crippen LogP contribution in [0.3, 0.4) is 0 Å². The van der Waals surface area contributed by atoms with E-state index >= 15 is 0 Å². The standard InChI is InChI=1S/C34H40ClN3O4S/c1-6-19-36(23-13-9-8-10-14-23)30(40)27-28-31(41)38(26(21-39)22(3)4)29(34(28)18-17-33(27,5)43-34)32(42)37(20-7-2)25-16-12-11-15-24(25)35/h6-16,22,26-29,39H,1-2,17-21H2,3-5H3/t26-,27-,28-,29?,33+,34?/m0/s1. The second kappa shape index (κ2) is 12.1. The molecular weight excluding hydrogens is 582 g/mol. The predicted octanol–water partition coefficient (Wildman–Crippen LogP) is 5.58. The van der Waals surface area contributed by atoms with Gasteiger partial charge in [0.05, 0.1) is 39.9 Å². The molecule has 3 heterocycles. The highest BCUT2D eigenvalue weighted by Gasteiger charge is 2.78. The van der Waals surface area contributed by atoms with Crippen LogP contribution in [0.15, 0.2) is 79.9 Å². The quantitative estimate of drug-likeness (QED) is 0.332. The van der Waals surface area contributed by atoms with Gasteiger partial charge in [0.2, 0.25) is 11.8 Å². The molecule has 0 aliphatic carbocycles. The predicted molar refractivity (Wildman–Crippen MR) is 174 cm³/mol. The molecule has 3 aliphatic rings. The number of halogens is 1. The Bertz CT molecular complexity index is 1420. The van der Waals surface area contributed by atoms with Crippen molar-refractivity contribution in [3.63, 3.8) is 0 Å². The van der Waals surface area contributed by atoms with Gasteiger partial charge in [0, 0.05) is 23.5 Å². The first-order valence-corrected chi connectivity index (χ1v) is 16.0. The van der Waals surface area contributed by atoms with Crippen LogP contribution in [0.5, 0.6) is 0 Å². The van der Waals surface area contributed by atoms with Crippen molar-refractivity contribution >= 4 is 52.5 Å². The number of thioether (sulfide) groups is 1. The minimum atomic E-state index is -0.894. The van der Waals surface area contributed by atoms with Crippen LogP contribution in [0.25, 0.3) is 0 Å². The second-order valence-corrected chi connectivity index (χ2v) is 14.5. The number of likely N-dealkylation sites (tertiary alicyclic amines) is 1. The van der Waals surface area contributed by atoms with E-state index in [0.29, 0.717) is 30.1 Å². The summed E-state index contributed by atoms with van der Waals surface area (Å²) in [4.78, 5) is 49.1. The van der Waals surface area contributed by atoms with Crippen molar-refractivity contribution in [2.75, 3.05) is 29.5 Å². The van der Waals surface area contributed by atoms with E-state index in [9.17, 15) is 19.5 Å². The van der Waals surface area contributed by atoms with E-state index in [-0.39, 0.29) is 36.8 Å². The molecule has 1 spiro atoms. The van der Waals surface area contributed by atoms with Gasteiger partial charge in [-0.25, -0.2) is 0 Å². The molecule has 3 amide bonds. The Morgan fingerprint density at radius 2 is 1.67 bits per heavy atom. The summed E-state index contributed by atoms with van der Waals surface area (Å²) < 4.78 is -1.39. The van der Waals surface area contributed by atoms with E-state index in [1.54, 1.807) is 56.8 Å². The molecule has 0 radical (unpaired) electrons. The molecule has 228 valence electrons. The Hall–Kier alpha value is -3.07. The van der Waals surface area contributed by atoms with Gasteiger partial charge in [0.25, 0.3) is 5.91 Å². The molecule has 3 saturated heterocycles. The van der Waals surface area contributed by atoms with Crippen LogP contribution >= 0.6 is 23.4 Å². The van der Waals surface area contributed by atoms with Gasteiger partial charge in [-0.3, -0.25) is 14.4 Å². The number of benzene rings is 2. The van der Waals surface area contributed by atoms with Crippen molar-refractivity contribution in [2.45, 2.75) is 55.2 Å². The Morgan fingerprint density at radius 3 is 2.28 bits per heavy atom. The lowest BCUT2D eigenvalue weighted by Gasteiger charge is -2.40. The molecule has 43 heavy (non-hydrogen) atoms. The molecule has 9 heteroatoms. The maximum atomic E-state index is 14.9.